The number of aryl methyl sites for hydroxylation is 1. The summed E-state index contributed by atoms with van der Waals surface area (Å²) in [7, 11) is 2.09. The Kier molecular flexibility index (Phi) is 4.77. The van der Waals surface area contributed by atoms with Crippen LogP contribution in [0.5, 0.6) is 0 Å². The molecule has 3 rings (SSSR count). The minimum Gasteiger partial charge on any atom is -0.354 e. The fourth-order valence-electron chi connectivity index (χ4n) is 3.98. The molecule has 2 aromatic rings. The lowest BCUT2D eigenvalue weighted by molar-refractivity contribution is 0.0922. The number of hydrogen-bond acceptors (Lipinski definition) is 3. The Labute approximate surface area is 148 Å². The van der Waals surface area contributed by atoms with E-state index in [2.05, 4.69) is 34.4 Å². The van der Waals surface area contributed by atoms with Gasteiger partial charge in [0.15, 0.2) is 5.78 Å². The fourth-order valence-corrected chi connectivity index (χ4v) is 3.98. The molecule has 1 aromatic heterocycles. The number of carbonyl (C=O) groups excluding carboxylic acids is 2. The molecule has 0 radical (unpaired) electrons. The minimum atomic E-state index is -0.144. The van der Waals surface area contributed by atoms with Gasteiger partial charge in [-0.3, -0.25) is 14.5 Å². The maximum Gasteiger partial charge on any atom is 0.268 e. The molecule has 132 valence electrons. The van der Waals surface area contributed by atoms with Crippen molar-refractivity contribution in [3.63, 3.8) is 0 Å². The van der Waals surface area contributed by atoms with Crippen molar-refractivity contribution >= 4 is 11.7 Å². The van der Waals surface area contributed by atoms with E-state index in [-0.39, 0.29) is 23.8 Å². The normalized spacial score (nSPS) is 20.6. The molecule has 1 saturated heterocycles. The zero-order chi connectivity index (χ0) is 18.1. The van der Waals surface area contributed by atoms with Crippen molar-refractivity contribution in [2.45, 2.75) is 39.3 Å². The van der Waals surface area contributed by atoms with Crippen LogP contribution in [-0.4, -0.2) is 41.2 Å². The summed E-state index contributed by atoms with van der Waals surface area (Å²) in [6.07, 6.45) is 0.903. The average Bonchev–Trinajstić information content (AvgIpc) is 3.07. The van der Waals surface area contributed by atoms with Gasteiger partial charge < -0.3 is 10.3 Å². The average molecular weight is 339 g/mol. The second kappa shape index (κ2) is 6.84. The van der Waals surface area contributed by atoms with Gasteiger partial charge in [-0.1, -0.05) is 30.3 Å². The summed E-state index contributed by atoms with van der Waals surface area (Å²) in [4.78, 5) is 30.0. The largest absolute Gasteiger partial charge is 0.354 e. The molecule has 0 saturated carbocycles. The second-order valence-electron chi connectivity index (χ2n) is 6.89. The molecule has 25 heavy (non-hydrogen) atoms. The lowest BCUT2D eigenvalue weighted by atomic mass is 10.00. The van der Waals surface area contributed by atoms with Crippen molar-refractivity contribution < 1.29 is 9.59 Å². The van der Waals surface area contributed by atoms with E-state index in [0.717, 1.165) is 24.2 Å². The van der Waals surface area contributed by atoms with Gasteiger partial charge in [0.25, 0.3) is 5.91 Å². The van der Waals surface area contributed by atoms with Gasteiger partial charge >= 0.3 is 0 Å². The van der Waals surface area contributed by atoms with Gasteiger partial charge in [-0.15, -0.1) is 0 Å². The van der Waals surface area contributed by atoms with Crippen LogP contribution in [0.2, 0.25) is 0 Å². The number of nitrogens with one attached hydrogen (secondary N) is 2. The Balaban J connectivity index is 1.83. The van der Waals surface area contributed by atoms with Gasteiger partial charge in [-0.2, -0.15) is 0 Å². The van der Waals surface area contributed by atoms with E-state index in [9.17, 15) is 9.59 Å². The number of carbonyl (C=O) groups is 2. The molecule has 5 heteroatoms. The third kappa shape index (κ3) is 3.24. The van der Waals surface area contributed by atoms with Crippen LogP contribution in [-0.2, 0) is 0 Å². The van der Waals surface area contributed by atoms with E-state index >= 15 is 0 Å². The number of likely N-dealkylation sites (N-methyl/N-ethyl adjacent to an activating group) is 1. The highest BCUT2D eigenvalue weighted by Gasteiger charge is 2.34. The molecule has 1 aromatic carbocycles. The lowest BCUT2D eigenvalue weighted by Gasteiger charge is -2.26. The molecule has 0 spiro atoms. The van der Waals surface area contributed by atoms with Gasteiger partial charge in [-0.05, 0) is 45.4 Å². The zero-order valence-corrected chi connectivity index (χ0v) is 15.2. The highest BCUT2D eigenvalue weighted by atomic mass is 16.2. The molecule has 1 aliphatic rings. The summed E-state index contributed by atoms with van der Waals surface area (Å²) < 4.78 is 0. The second-order valence-corrected chi connectivity index (χ2v) is 6.89. The molecule has 5 nitrogen and oxygen atoms in total. The van der Waals surface area contributed by atoms with E-state index in [0.29, 0.717) is 11.3 Å². The van der Waals surface area contributed by atoms with Crippen molar-refractivity contribution in [2.75, 3.05) is 13.6 Å². The monoisotopic (exact) mass is 339 g/mol. The number of Topliss-reactive ketones (excluding diaryl/α,β-unsaturated/α-hetero) is 1. The van der Waals surface area contributed by atoms with Crippen LogP contribution in [0.3, 0.4) is 0 Å². The lowest BCUT2D eigenvalue weighted by Crippen LogP contribution is -2.39. The van der Waals surface area contributed by atoms with Gasteiger partial charge in [0.1, 0.15) is 5.69 Å². The first-order valence-corrected chi connectivity index (χ1v) is 8.66. The van der Waals surface area contributed by atoms with Crippen LogP contribution >= 0.6 is 0 Å². The summed E-state index contributed by atoms with van der Waals surface area (Å²) in [5, 5.41) is 3.17. The predicted molar refractivity (Wildman–Crippen MR) is 98.0 cm³/mol. The molecule has 2 heterocycles. The topological polar surface area (TPSA) is 65.2 Å². The molecule has 0 aliphatic carbocycles. The molecular weight excluding hydrogens is 314 g/mol. The molecular formula is C20H25N3O2. The fraction of sp³-hybridized carbons (Fsp3) is 0.400. The highest BCUT2D eigenvalue weighted by Crippen LogP contribution is 2.31. The number of ketones is 1. The SMILES string of the molecule is CC(=O)c1c(C)[nH]c(C(=O)NC2CCN(C)C2c2ccccc2)c1C. The van der Waals surface area contributed by atoms with Gasteiger partial charge in [0.2, 0.25) is 0 Å². The van der Waals surface area contributed by atoms with Crippen molar-refractivity contribution in [1.29, 1.82) is 0 Å². The Morgan fingerprint density at radius 2 is 1.88 bits per heavy atom. The van der Waals surface area contributed by atoms with Crippen molar-refractivity contribution in [2.24, 2.45) is 0 Å². The summed E-state index contributed by atoms with van der Waals surface area (Å²) in [6, 6.07) is 10.5. The standard InChI is InChI=1S/C20H25N3O2/c1-12-17(14(3)24)13(2)21-18(12)20(25)22-16-10-11-23(4)19(16)15-8-6-5-7-9-15/h5-9,16,19,21H,10-11H2,1-4H3,(H,22,25). The Bertz CT molecular complexity index is 795. The van der Waals surface area contributed by atoms with Gasteiger partial charge in [0, 0.05) is 17.8 Å². The number of aromatic amines is 1. The summed E-state index contributed by atoms with van der Waals surface area (Å²) in [5.74, 6) is -0.164. The van der Waals surface area contributed by atoms with E-state index in [4.69, 9.17) is 0 Å². The molecule has 1 fully saturated rings. The first-order valence-electron chi connectivity index (χ1n) is 8.66. The Hall–Kier alpha value is -2.40. The predicted octanol–water partition coefficient (Wildman–Crippen LogP) is 3.01. The maximum absolute atomic E-state index is 12.8. The van der Waals surface area contributed by atoms with Crippen molar-refractivity contribution in [3.05, 3.63) is 58.4 Å². The highest BCUT2D eigenvalue weighted by molar-refractivity contribution is 6.02. The maximum atomic E-state index is 12.8. The number of likely N-dealkylation sites (tertiary alicyclic amines) is 1. The van der Waals surface area contributed by atoms with Crippen LogP contribution in [0.4, 0.5) is 0 Å². The van der Waals surface area contributed by atoms with E-state index in [1.54, 1.807) is 0 Å². The van der Waals surface area contributed by atoms with Gasteiger partial charge in [0.05, 0.1) is 12.1 Å². The minimum absolute atomic E-state index is 0.0203. The smallest absolute Gasteiger partial charge is 0.268 e. The Morgan fingerprint density at radius 1 is 1.20 bits per heavy atom. The molecule has 2 atom stereocenters. The number of hydrogen-bond donors (Lipinski definition) is 2. The summed E-state index contributed by atoms with van der Waals surface area (Å²) in [5.41, 5.74) is 3.79. The van der Waals surface area contributed by atoms with Crippen LogP contribution in [0.25, 0.3) is 0 Å². The summed E-state index contributed by atoms with van der Waals surface area (Å²) >= 11 is 0. The quantitative estimate of drug-likeness (QED) is 0.842. The molecule has 2 unspecified atom stereocenters. The molecule has 0 bridgehead atoms. The van der Waals surface area contributed by atoms with Crippen molar-refractivity contribution in [1.82, 2.24) is 15.2 Å². The summed E-state index contributed by atoms with van der Waals surface area (Å²) in [6.45, 7) is 6.12. The van der Waals surface area contributed by atoms with Crippen LogP contribution < -0.4 is 5.32 Å². The van der Waals surface area contributed by atoms with Crippen LogP contribution in [0, 0.1) is 13.8 Å². The van der Waals surface area contributed by atoms with E-state index in [1.165, 1.54) is 12.5 Å². The number of nitrogens with zero attached hydrogens (tertiary/aromatic N) is 1. The zero-order valence-electron chi connectivity index (χ0n) is 15.2. The molecule has 1 aliphatic heterocycles. The van der Waals surface area contributed by atoms with E-state index < -0.39 is 0 Å². The number of amides is 1. The molecule has 1 amide bonds. The van der Waals surface area contributed by atoms with Gasteiger partial charge in [-0.25, -0.2) is 0 Å². The third-order valence-electron chi connectivity index (χ3n) is 5.12. The first-order chi connectivity index (χ1) is 11.9. The number of benzene rings is 1. The number of aromatic nitrogens is 1. The van der Waals surface area contributed by atoms with Crippen molar-refractivity contribution in [3.8, 4) is 0 Å². The number of H-pyrrole nitrogens is 1. The Morgan fingerprint density at radius 3 is 2.48 bits per heavy atom. The number of rotatable bonds is 4. The molecule has 2 N–H and O–H groups in total. The third-order valence-corrected chi connectivity index (χ3v) is 5.12. The first kappa shape index (κ1) is 17.4. The van der Waals surface area contributed by atoms with Crippen LogP contribution in [0.15, 0.2) is 30.3 Å². The van der Waals surface area contributed by atoms with Crippen LogP contribution in [0.1, 0.15) is 57.1 Å². The van der Waals surface area contributed by atoms with E-state index in [1.807, 2.05) is 32.0 Å².